The molecular weight excluding hydrogens is 749 g/mol. The molecule has 0 N–H and O–H groups in total. The first-order chi connectivity index (χ1) is 30.5. The summed E-state index contributed by atoms with van der Waals surface area (Å²) in [6.07, 6.45) is 22.4. The highest BCUT2D eigenvalue weighted by molar-refractivity contribution is 5.79. The molecule has 1 aromatic heterocycles. The Bertz CT molecular complexity index is 2770. The van der Waals surface area contributed by atoms with Crippen molar-refractivity contribution in [3.05, 3.63) is 234 Å². The molecule has 2 nitrogen and oxygen atoms in total. The van der Waals surface area contributed by atoms with Gasteiger partial charge in [0, 0.05) is 16.7 Å². The average Bonchev–Trinajstić information content (AvgIpc) is 3.34. The first kappa shape index (κ1) is 41.6. The maximum atomic E-state index is 5.21. The number of hydrogen-bond donors (Lipinski definition) is 0. The summed E-state index contributed by atoms with van der Waals surface area (Å²) in [7, 11) is 0. The highest BCUT2D eigenvalue weighted by Crippen LogP contribution is 2.33. The van der Waals surface area contributed by atoms with E-state index in [0.29, 0.717) is 5.82 Å². The summed E-state index contributed by atoms with van der Waals surface area (Å²) >= 11 is 0. The molecule has 0 bridgehead atoms. The van der Waals surface area contributed by atoms with Gasteiger partial charge in [-0.15, -0.1) is 0 Å². The van der Waals surface area contributed by atoms with Gasteiger partial charge in [0.05, 0.1) is 11.4 Å². The number of hydrogen-bond acceptors (Lipinski definition) is 2. The summed E-state index contributed by atoms with van der Waals surface area (Å²) in [5.41, 5.74) is 19.7. The zero-order valence-corrected chi connectivity index (χ0v) is 36.2. The summed E-state index contributed by atoms with van der Waals surface area (Å²) in [5.74, 6) is 0.675. The van der Waals surface area contributed by atoms with Crippen LogP contribution in [0.15, 0.2) is 206 Å². The van der Waals surface area contributed by atoms with Gasteiger partial charge in [-0.1, -0.05) is 220 Å². The van der Waals surface area contributed by atoms with Crippen LogP contribution in [0, 0.1) is 6.92 Å². The third-order valence-corrected chi connectivity index (χ3v) is 11.7. The fourth-order valence-corrected chi connectivity index (χ4v) is 7.90. The quantitative estimate of drug-likeness (QED) is 0.102. The Morgan fingerprint density at radius 2 is 1.06 bits per heavy atom. The number of rotatable bonds is 14. The Kier molecular flexibility index (Phi) is 13.4. The first-order valence-corrected chi connectivity index (χ1v) is 22.0. The molecule has 8 rings (SSSR count). The van der Waals surface area contributed by atoms with Crippen LogP contribution in [0.4, 0.5) is 0 Å². The maximum Gasteiger partial charge on any atom is 0.160 e. The van der Waals surface area contributed by atoms with Gasteiger partial charge in [0.2, 0.25) is 0 Å². The van der Waals surface area contributed by atoms with Crippen LogP contribution in [0.1, 0.15) is 67.6 Å². The average molecular weight is 803 g/mol. The van der Waals surface area contributed by atoms with Crippen LogP contribution < -0.4 is 0 Å². The van der Waals surface area contributed by atoms with E-state index in [9.17, 15) is 0 Å². The van der Waals surface area contributed by atoms with Crippen molar-refractivity contribution < 1.29 is 0 Å². The molecule has 0 spiro atoms. The first-order valence-electron chi connectivity index (χ1n) is 22.0. The summed E-state index contributed by atoms with van der Waals surface area (Å²) in [5, 5.41) is 0. The highest BCUT2D eigenvalue weighted by Gasteiger charge is 2.13. The molecule has 0 fully saturated rings. The molecule has 7 aromatic rings. The molecule has 304 valence electrons. The van der Waals surface area contributed by atoms with Gasteiger partial charge in [0.25, 0.3) is 0 Å². The molecule has 0 radical (unpaired) electrons. The summed E-state index contributed by atoms with van der Waals surface area (Å²) in [6.45, 7) is 10.3. The molecule has 1 aliphatic rings. The van der Waals surface area contributed by atoms with E-state index in [0.717, 1.165) is 52.9 Å². The van der Waals surface area contributed by atoms with Gasteiger partial charge in [-0.25, -0.2) is 9.97 Å². The van der Waals surface area contributed by atoms with E-state index >= 15 is 0 Å². The molecule has 0 amide bonds. The fraction of sp³-hybridized carbons (Fsp3) is 0.133. The van der Waals surface area contributed by atoms with Crippen LogP contribution in [-0.4, -0.2) is 9.97 Å². The Labute approximate surface area is 368 Å². The van der Waals surface area contributed by atoms with E-state index in [1.54, 1.807) is 0 Å². The summed E-state index contributed by atoms with van der Waals surface area (Å²) < 4.78 is 0. The van der Waals surface area contributed by atoms with E-state index < -0.39 is 0 Å². The van der Waals surface area contributed by atoms with Gasteiger partial charge >= 0.3 is 0 Å². The number of allylic oxidation sites excluding steroid dienone is 10. The van der Waals surface area contributed by atoms with Crippen LogP contribution >= 0.6 is 0 Å². The van der Waals surface area contributed by atoms with Crippen molar-refractivity contribution in [2.75, 3.05) is 0 Å². The molecular formula is C60H54N2. The standard InChI is InChI=1S/C60H54N2/c1-5-8-11-45-18-26-50(27-19-45)51-30-32-52(33-31-51)54-36-40-56(41-37-54)59-42-58(55-38-34-53(35-39-55)48-24-16-44(7-3)17-25-48)61-60(62-59)57(10-6-2)13-9-12-46-20-28-49(29-21-46)47-22-14-43(4)15-23-47/h6-7,9-10,12-16,18-24,26-42H,3,5,8,11,17,25H2,1-2,4H3/b10-6-,12-9+,57-13+. The zero-order chi connectivity index (χ0) is 42.7. The smallest absolute Gasteiger partial charge is 0.160 e. The van der Waals surface area contributed by atoms with Crippen molar-refractivity contribution in [1.29, 1.82) is 0 Å². The lowest BCUT2D eigenvalue weighted by molar-refractivity contribution is 0.795. The van der Waals surface area contributed by atoms with Gasteiger partial charge in [-0.3, -0.25) is 0 Å². The highest BCUT2D eigenvalue weighted by atomic mass is 14.9. The van der Waals surface area contributed by atoms with E-state index in [4.69, 9.17) is 9.97 Å². The van der Waals surface area contributed by atoms with Crippen molar-refractivity contribution in [2.24, 2.45) is 0 Å². The second kappa shape index (κ2) is 19.9. The molecule has 0 unspecified atom stereocenters. The van der Waals surface area contributed by atoms with Gasteiger partial charge in [0.1, 0.15) is 0 Å². The SMILES string of the molecule is C=CC1=CC=C(c2ccc(-c3cc(-c4ccc(-c5ccc(-c6ccc(CCCC)cc6)cc5)cc4)nc(C(/C=C\C)=C/C=C/c4ccc(-c5ccc(C)cc5)cc4)n3)cc2)CC1. The van der Waals surface area contributed by atoms with Gasteiger partial charge < -0.3 is 0 Å². The molecule has 0 saturated carbocycles. The minimum absolute atomic E-state index is 0.675. The van der Waals surface area contributed by atoms with Gasteiger partial charge in [-0.05, 0) is 107 Å². The minimum atomic E-state index is 0.675. The van der Waals surface area contributed by atoms with Crippen molar-refractivity contribution in [3.63, 3.8) is 0 Å². The molecule has 1 aliphatic carbocycles. The Morgan fingerprint density at radius 3 is 1.55 bits per heavy atom. The van der Waals surface area contributed by atoms with E-state index in [1.807, 2.05) is 19.1 Å². The molecule has 6 aromatic carbocycles. The van der Waals surface area contributed by atoms with Crippen molar-refractivity contribution in [1.82, 2.24) is 9.97 Å². The number of nitrogens with zero attached hydrogens (tertiary/aromatic N) is 2. The second-order valence-electron chi connectivity index (χ2n) is 16.1. The summed E-state index contributed by atoms with van der Waals surface area (Å²) in [6, 6.07) is 54.9. The Hall–Kier alpha value is -7.16. The maximum absolute atomic E-state index is 5.21. The third-order valence-electron chi connectivity index (χ3n) is 11.7. The molecule has 62 heavy (non-hydrogen) atoms. The monoisotopic (exact) mass is 802 g/mol. The lowest BCUT2D eigenvalue weighted by Gasteiger charge is -2.14. The predicted molar refractivity (Wildman–Crippen MR) is 266 cm³/mol. The third kappa shape index (κ3) is 10.2. The molecule has 2 heteroatoms. The second-order valence-corrected chi connectivity index (χ2v) is 16.1. The van der Waals surface area contributed by atoms with Crippen LogP contribution in [0.25, 0.3) is 73.1 Å². The van der Waals surface area contributed by atoms with Crippen molar-refractivity contribution in [2.45, 2.75) is 52.9 Å². The normalized spacial score (nSPS) is 13.0. The minimum Gasteiger partial charge on any atom is -0.228 e. The lowest BCUT2D eigenvalue weighted by Crippen LogP contribution is -1.99. The van der Waals surface area contributed by atoms with Crippen LogP contribution in [0.2, 0.25) is 0 Å². The summed E-state index contributed by atoms with van der Waals surface area (Å²) in [4.78, 5) is 10.4. The number of unbranched alkanes of at least 4 members (excludes halogenated alkanes) is 1. The van der Waals surface area contributed by atoms with Gasteiger partial charge in [-0.2, -0.15) is 0 Å². The van der Waals surface area contributed by atoms with Crippen molar-refractivity contribution >= 4 is 17.2 Å². The Balaban J connectivity index is 1.09. The fourth-order valence-electron chi connectivity index (χ4n) is 7.90. The lowest BCUT2D eigenvalue weighted by atomic mass is 9.92. The Morgan fingerprint density at radius 1 is 0.581 bits per heavy atom. The molecule has 0 saturated heterocycles. The largest absolute Gasteiger partial charge is 0.228 e. The number of benzene rings is 6. The topological polar surface area (TPSA) is 25.8 Å². The van der Waals surface area contributed by atoms with Crippen LogP contribution in [0.3, 0.4) is 0 Å². The predicted octanol–water partition coefficient (Wildman–Crippen LogP) is 16.4. The zero-order valence-electron chi connectivity index (χ0n) is 36.2. The van der Waals surface area contributed by atoms with E-state index in [-0.39, 0.29) is 0 Å². The molecule has 1 heterocycles. The van der Waals surface area contributed by atoms with Gasteiger partial charge in [0.15, 0.2) is 5.82 Å². The van der Waals surface area contributed by atoms with E-state index in [1.165, 1.54) is 74.1 Å². The number of aromatic nitrogens is 2. The molecule has 0 aliphatic heterocycles. The molecule has 0 atom stereocenters. The van der Waals surface area contributed by atoms with Crippen LogP contribution in [0.5, 0.6) is 0 Å². The van der Waals surface area contributed by atoms with E-state index in [2.05, 4.69) is 209 Å². The van der Waals surface area contributed by atoms with Crippen LogP contribution in [-0.2, 0) is 6.42 Å². The van der Waals surface area contributed by atoms with Crippen molar-refractivity contribution in [3.8, 4) is 55.9 Å². The number of aryl methyl sites for hydroxylation is 2.